The Morgan fingerprint density at radius 2 is 1.72 bits per heavy atom. The monoisotopic (exact) mass is 259 g/mol. The summed E-state index contributed by atoms with van der Waals surface area (Å²) in [7, 11) is 0. The maximum atomic E-state index is 3.49. The SMILES string of the molecule is CC(C)NCC(C)c1ccc(-c2ccsc2)cc1. The lowest BCUT2D eigenvalue weighted by atomic mass is 9.98. The predicted molar refractivity (Wildman–Crippen MR) is 81.3 cm³/mol. The van der Waals surface area contributed by atoms with Gasteiger partial charge in [-0.3, -0.25) is 0 Å². The van der Waals surface area contributed by atoms with Crippen molar-refractivity contribution in [3.63, 3.8) is 0 Å². The van der Waals surface area contributed by atoms with Crippen LogP contribution >= 0.6 is 11.3 Å². The van der Waals surface area contributed by atoms with Crippen LogP contribution in [0.3, 0.4) is 0 Å². The van der Waals surface area contributed by atoms with Gasteiger partial charge in [-0.15, -0.1) is 0 Å². The zero-order valence-electron chi connectivity index (χ0n) is 11.3. The van der Waals surface area contributed by atoms with Crippen LogP contribution in [0.5, 0.6) is 0 Å². The van der Waals surface area contributed by atoms with Gasteiger partial charge in [-0.25, -0.2) is 0 Å². The highest BCUT2D eigenvalue weighted by Crippen LogP contribution is 2.24. The molecule has 1 unspecified atom stereocenters. The van der Waals surface area contributed by atoms with Gasteiger partial charge in [0.1, 0.15) is 0 Å². The van der Waals surface area contributed by atoms with E-state index >= 15 is 0 Å². The van der Waals surface area contributed by atoms with Crippen LogP contribution in [0.15, 0.2) is 41.1 Å². The van der Waals surface area contributed by atoms with Gasteiger partial charge in [0.25, 0.3) is 0 Å². The molecule has 0 bridgehead atoms. The second-order valence-electron chi connectivity index (χ2n) is 5.10. The van der Waals surface area contributed by atoms with Crippen LogP contribution < -0.4 is 5.32 Å². The maximum absolute atomic E-state index is 3.49. The number of hydrogen-bond acceptors (Lipinski definition) is 2. The Morgan fingerprint density at radius 1 is 1.00 bits per heavy atom. The minimum Gasteiger partial charge on any atom is -0.314 e. The third kappa shape index (κ3) is 3.44. The van der Waals surface area contributed by atoms with Crippen molar-refractivity contribution >= 4 is 11.3 Å². The average molecular weight is 259 g/mol. The van der Waals surface area contributed by atoms with Crippen molar-refractivity contribution in [1.82, 2.24) is 5.32 Å². The zero-order valence-corrected chi connectivity index (χ0v) is 12.1. The van der Waals surface area contributed by atoms with Crippen molar-refractivity contribution in [2.24, 2.45) is 0 Å². The Bertz CT molecular complexity index is 456. The van der Waals surface area contributed by atoms with E-state index < -0.39 is 0 Å². The highest BCUT2D eigenvalue weighted by molar-refractivity contribution is 7.08. The minimum atomic E-state index is 0.553. The van der Waals surface area contributed by atoms with E-state index in [0.29, 0.717) is 12.0 Å². The first-order chi connectivity index (χ1) is 8.66. The topological polar surface area (TPSA) is 12.0 Å². The smallest absolute Gasteiger partial charge is 0.00198 e. The molecule has 0 fully saturated rings. The van der Waals surface area contributed by atoms with Crippen molar-refractivity contribution in [3.8, 4) is 11.1 Å². The highest BCUT2D eigenvalue weighted by Gasteiger charge is 2.06. The summed E-state index contributed by atoms with van der Waals surface area (Å²) in [5.41, 5.74) is 4.03. The second kappa shape index (κ2) is 6.17. The van der Waals surface area contributed by atoms with Crippen LogP contribution in [-0.4, -0.2) is 12.6 Å². The van der Waals surface area contributed by atoms with Crippen LogP contribution in [0.1, 0.15) is 32.3 Å². The Balaban J connectivity index is 2.03. The van der Waals surface area contributed by atoms with Gasteiger partial charge in [0.2, 0.25) is 0 Å². The van der Waals surface area contributed by atoms with Crippen LogP contribution in [0.2, 0.25) is 0 Å². The van der Waals surface area contributed by atoms with Crippen LogP contribution in [-0.2, 0) is 0 Å². The number of thiophene rings is 1. The largest absolute Gasteiger partial charge is 0.314 e. The number of benzene rings is 1. The van der Waals surface area contributed by atoms with Crippen molar-refractivity contribution in [1.29, 1.82) is 0 Å². The molecule has 1 heterocycles. The molecule has 2 aromatic rings. The molecule has 0 aliphatic rings. The standard InChI is InChI=1S/C16H21NS/c1-12(2)17-10-13(3)14-4-6-15(7-5-14)16-8-9-18-11-16/h4-9,11-13,17H,10H2,1-3H3. The molecule has 0 saturated heterocycles. The van der Waals surface area contributed by atoms with E-state index in [4.69, 9.17) is 0 Å². The highest BCUT2D eigenvalue weighted by atomic mass is 32.1. The molecule has 0 radical (unpaired) electrons. The lowest BCUT2D eigenvalue weighted by molar-refractivity contribution is 0.548. The van der Waals surface area contributed by atoms with Crippen molar-refractivity contribution < 1.29 is 0 Å². The number of rotatable bonds is 5. The van der Waals surface area contributed by atoms with E-state index in [1.807, 2.05) is 0 Å². The van der Waals surface area contributed by atoms with E-state index in [2.05, 4.69) is 67.2 Å². The first-order valence-corrected chi connectivity index (χ1v) is 7.47. The molecular formula is C16H21NS. The van der Waals surface area contributed by atoms with Gasteiger partial charge >= 0.3 is 0 Å². The molecule has 2 heteroatoms. The van der Waals surface area contributed by atoms with Crippen LogP contribution in [0.4, 0.5) is 0 Å². The van der Waals surface area contributed by atoms with Crippen LogP contribution in [0, 0.1) is 0 Å². The molecule has 0 amide bonds. The second-order valence-corrected chi connectivity index (χ2v) is 5.88. The molecule has 0 spiro atoms. The first-order valence-electron chi connectivity index (χ1n) is 6.52. The molecule has 1 aromatic carbocycles. The lowest BCUT2D eigenvalue weighted by Gasteiger charge is -2.15. The Kier molecular flexibility index (Phi) is 4.56. The Labute approximate surface area is 114 Å². The van der Waals surface area contributed by atoms with Gasteiger partial charge in [0.05, 0.1) is 0 Å². The van der Waals surface area contributed by atoms with E-state index in [9.17, 15) is 0 Å². The minimum absolute atomic E-state index is 0.553. The molecule has 1 atom stereocenters. The quantitative estimate of drug-likeness (QED) is 0.832. The van der Waals surface area contributed by atoms with Gasteiger partial charge in [-0.2, -0.15) is 11.3 Å². The molecule has 2 rings (SSSR count). The normalized spacial score (nSPS) is 12.9. The number of hydrogen-bond donors (Lipinski definition) is 1. The first kappa shape index (κ1) is 13.3. The van der Waals surface area contributed by atoms with Gasteiger partial charge < -0.3 is 5.32 Å². The number of nitrogens with one attached hydrogen (secondary N) is 1. The van der Waals surface area contributed by atoms with Gasteiger partial charge in [-0.05, 0) is 39.4 Å². The summed E-state index contributed by atoms with van der Waals surface area (Å²) in [5, 5.41) is 7.80. The summed E-state index contributed by atoms with van der Waals surface area (Å²) in [5.74, 6) is 0.559. The molecule has 18 heavy (non-hydrogen) atoms. The third-order valence-corrected chi connectivity index (χ3v) is 3.85. The average Bonchev–Trinajstić information content (AvgIpc) is 2.90. The van der Waals surface area contributed by atoms with E-state index in [0.717, 1.165) is 6.54 Å². The van der Waals surface area contributed by atoms with E-state index in [-0.39, 0.29) is 0 Å². The van der Waals surface area contributed by atoms with E-state index in [1.54, 1.807) is 11.3 Å². The molecule has 1 aromatic heterocycles. The van der Waals surface area contributed by atoms with E-state index in [1.165, 1.54) is 16.7 Å². The lowest BCUT2D eigenvalue weighted by Crippen LogP contribution is -2.26. The van der Waals surface area contributed by atoms with Gasteiger partial charge in [-0.1, -0.05) is 45.0 Å². The van der Waals surface area contributed by atoms with Gasteiger partial charge in [0.15, 0.2) is 0 Å². The molecule has 0 aliphatic heterocycles. The summed E-state index contributed by atoms with van der Waals surface area (Å²) in [4.78, 5) is 0. The fourth-order valence-corrected chi connectivity index (χ4v) is 2.63. The fourth-order valence-electron chi connectivity index (χ4n) is 1.96. The molecular weight excluding hydrogens is 238 g/mol. The summed E-state index contributed by atoms with van der Waals surface area (Å²) in [6, 6.07) is 11.7. The summed E-state index contributed by atoms with van der Waals surface area (Å²) < 4.78 is 0. The van der Waals surface area contributed by atoms with Crippen LogP contribution in [0.25, 0.3) is 11.1 Å². The Morgan fingerprint density at radius 3 is 2.28 bits per heavy atom. The van der Waals surface area contributed by atoms with Crippen molar-refractivity contribution in [3.05, 3.63) is 46.7 Å². The summed E-state index contributed by atoms with van der Waals surface area (Å²) >= 11 is 1.75. The molecule has 1 N–H and O–H groups in total. The summed E-state index contributed by atoms with van der Waals surface area (Å²) in [6.45, 7) is 7.68. The van der Waals surface area contributed by atoms with Gasteiger partial charge in [0, 0.05) is 12.6 Å². The maximum Gasteiger partial charge on any atom is 0.00198 e. The predicted octanol–water partition coefficient (Wildman–Crippen LogP) is 4.52. The summed E-state index contributed by atoms with van der Waals surface area (Å²) in [6.07, 6.45) is 0. The zero-order chi connectivity index (χ0) is 13.0. The third-order valence-electron chi connectivity index (χ3n) is 3.17. The molecule has 0 aliphatic carbocycles. The molecule has 96 valence electrons. The molecule has 1 nitrogen and oxygen atoms in total. The van der Waals surface area contributed by atoms with Crippen molar-refractivity contribution in [2.45, 2.75) is 32.7 Å². The van der Waals surface area contributed by atoms with Crippen molar-refractivity contribution in [2.75, 3.05) is 6.54 Å². The Hall–Kier alpha value is -1.12. The fraction of sp³-hybridized carbons (Fsp3) is 0.375. The molecule has 0 saturated carbocycles.